The van der Waals surface area contributed by atoms with Crippen molar-refractivity contribution < 1.29 is 4.39 Å². The third kappa shape index (κ3) is 14.1. The van der Waals surface area contributed by atoms with E-state index in [1.807, 2.05) is 11.8 Å². The maximum atomic E-state index is 13.9. The third-order valence-corrected chi connectivity index (χ3v) is 12.6. The predicted molar refractivity (Wildman–Crippen MR) is 237 cm³/mol. The lowest BCUT2D eigenvalue weighted by atomic mass is 9.80. The van der Waals surface area contributed by atoms with Crippen LogP contribution >= 0.6 is 35.1 Å². The molecule has 292 valence electrons. The topological polar surface area (TPSA) is 39.3 Å². The first-order valence-corrected chi connectivity index (χ1v) is 22.6. The standard InChI is InChI=1S/C46H62ClFN4S2/c1-4-26-52(27-5-2)28-23-42(33-53-43-9-7-6-8-10-43)51-45-22-14-37(31-46(45)54-34-48)30-36-12-19-41(20-13-36)50-25-24-49-32-39-29-35(3)11-21-44(39)38-15-17-40(47)18-16-38/h6-10,12-17,19-20,22,31,35,40,42,49-51H,4-5,11,18,21,23-30,32-34H2,1-3H3. The van der Waals surface area contributed by atoms with Crippen LogP contribution in [-0.4, -0.2) is 67.3 Å². The summed E-state index contributed by atoms with van der Waals surface area (Å²) in [5.74, 6) is 1.70. The first-order valence-electron chi connectivity index (χ1n) is 20.2. The van der Waals surface area contributed by atoms with Gasteiger partial charge < -0.3 is 20.9 Å². The highest BCUT2D eigenvalue weighted by Gasteiger charge is 2.21. The molecule has 2 aliphatic carbocycles. The van der Waals surface area contributed by atoms with Crippen LogP contribution in [-0.2, 0) is 6.42 Å². The Morgan fingerprint density at radius 2 is 1.70 bits per heavy atom. The van der Waals surface area contributed by atoms with Crippen LogP contribution in [0.25, 0.3) is 0 Å². The quantitative estimate of drug-likeness (QED) is 0.0505. The predicted octanol–water partition coefficient (Wildman–Crippen LogP) is 12.0. The highest BCUT2D eigenvalue weighted by molar-refractivity contribution is 7.99. The van der Waals surface area contributed by atoms with E-state index in [2.05, 4.69) is 133 Å². The van der Waals surface area contributed by atoms with Gasteiger partial charge in [-0.3, -0.25) is 0 Å². The summed E-state index contributed by atoms with van der Waals surface area (Å²) in [6, 6.07) is 25.8. The van der Waals surface area contributed by atoms with Crippen molar-refractivity contribution >= 4 is 46.5 Å². The summed E-state index contributed by atoms with van der Waals surface area (Å²) < 4.78 is 13.9. The van der Waals surface area contributed by atoms with Gasteiger partial charge in [-0.15, -0.1) is 23.4 Å². The third-order valence-electron chi connectivity index (χ3n) is 10.3. The summed E-state index contributed by atoms with van der Waals surface area (Å²) >= 11 is 9.47. The lowest BCUT2D eigenvalue weighted by Crippen LogP contribution is -2.32. The molecule has 0 amide bonds. The smallest absolute Gasteiger partial charge is 0.139 e. The molecule has 54 heavy (non-hydrogen) atoms. The van der Waals surface area contributed by atoms with E-state index in [9.17, 15) is 4.39 Å². The zero-order valence-corrected chi connectivity index (χ0v) is 35.1. The van der Waals surface area contributed by atoms with Crippen molar-refractivity contribution in [2.24, 2.45) is 5.92 Å². The van der Waals surface area contributed by atoms with Crippen molar-refractivity contribution in [3.8, 4) is 0 Å². The molecule has 0 radical (unpaired) electrons. The minimum absolute atomic E-state index is 0.128. The number of hydrogen-bond acceptors (Lipinski definition) is 6. The summed E-state index contributed by atoms with van der Waals surface area (Å²) in [4.78, 5) is 4.84. The maximum Gasteiger partial charge on any atom is 0.139 e. The molecule has 3 aromatic rings. The summed E-state index contributed by atoms with van der Waals surface area (Å²) in [6.07, 6.45) is 15.4. The Balaban J connectivity index is 1.13. The number of rotatable bonds is 23. The second kappa shape index (κ2) is 23.4. The van der Waals surface area contributed by atoms with E-state index in [0.29, 0.717) is 0 Å². The molecule has 0 aromatic heterocycles. The number of benzene rings is 3. The Morgan fingerprint density at radius 3 is 2.43 bits per heavy atom. The number of hydrogen-bond donors (Lipinski definition) is 3. The second-order valence-electron chi connectivity index (χ2n) is 14.9. The molecule has 3 atom stereocenters. The first-order chi connectivity index (χ1) is 26.4. The number of thioether (sulfide) groups is 2. The van der Waals surface area contributed by atoms with Gasteiger partial charge >= 0.3 is 0 Å². The molecule has 0 bridgehead atoms. The molecule has 0 heterocycles. The molecule has 4 nitrogen and oxygen atoms in total. The van der Waals surface area contributed by atoms with E-state index in [-0.39, 0.29) is 11.4 Å². The Kier molecular flexibility index (Phi) is 18.4. The molecule has 0 saturated carbocycles. The van der Waals surface area contributed by atoms with Gasteiger partial charge in [0, 0.05) is 59.1 Å². The molecule has 0 saturated heterocycles. The molecule has 5 rings (SSSR count). The van der Waals surface area contributed by atoms with Crippen molar-refractivity contribution in [3.05, 3.63) is 119 Å². The maximum absolute atomic E-state index is 13.9. The van der Waals surface area contributed by atoms with Gasteiger partial charge in [-0.2, -0.15) is 0 Å². The van der Waals surface area contributed by atoms with E-state index < -0.39 is 6.01 Å². The Hall–Kier alpha value is -2.68. The molecule has 3 unspecified atom stereocenters. The SMILES string of the molecule is CCCN(CCC)CCC(CSc1ccccc1)Nc1ccc(Cc2ccc(NCCNCC3=C(C4=CCC(Cl)C=C4)CCC(C)C3)cc2)cc1SCF. The van der Waals surface area contributed by atoms with E-state index in [1.54, 1.807) is 5.57 Å². The van der Waals surface area contributed by atoms with Crippen LogP contribution in [0.1, 0.15) is 76.8 Å². The van der Waals surface area contributed by atoms with Gasteiger partial charge in [0.15, 0.2) is 0 Å². The molecule has 0 fully saturated rings. The average Bonchev–Trinajstić information content (AvgIpc) is 3.18. The molecule has 3 aromatic carbocycles. The summed E-state index contributed by atoms with van der Waals surface area (Å²) in [5, 5.41) is 11.3. The van der Waals surface area contributed by atoms with Crippen LogP contribution in [0.3, 0.4) is 0 Å². The molecule has 0 aliphatic heterocycles. The van der Waals surface area contributed by atoms with Crippen LogP contribution in [0.2, 0.25) is 0 Å². The van der Waals surface area contributed by atoms with Crippen molar-refractivity contribution in [2.75, 3.05) is 61.7 Å². The Bertz CT molecular complexity index is 1640. The van der Waals surface area contributed by atoms with Gasteiger partial charge in [0.2, 0.25) is 0 Å². The summed E-state index contributed by atoms with van der Waals surface area (Å²) in [7, 11) is 0. The van der Waals surface area contributed by atoms with Crippen LogP contribution in [0, 0.1) is 5.92 Å². The number of nitrogens with zero attached hydrogens (tertiary/aromatic N) is 1. The molecule has 3 N–H and O–H groups in total. The number of alkyl halides is 2. The van der Waals surface area contributed by atoms with Crippen molar-refractivity contribution in [3.63, 3.8) is 0 Å². The van der Waals surface area contributed by atoms with Gasteiger partial charge in [-0.25, -0.2) is 4.39 Å². The zero-order chi connectivity index (χ0) is 38.0. The normalized spacial score (nSPS) is 17.9. The van der Waals surface area contributed by atoms with Crippen LogP contribution in [0.5, 0.6) is 0 Å². The van der Waals surface area contributed by atoms with Crippen LogP contribution < -0.4 is 16.0 Å². The van der Waals surface area contributed by atoms with Gasteiger partial charge in [-0.1, -0.05) is 92.7 Å². The van der Waals surface area contributed by atoms with E-state index >= 15 is 0 Å². The van der Waals surface area contributed by atoms with E-state index in [0.717, 1.165) is 92.9 Å². The largest absolute Gasteiger partial charge is 0.384 e. The second-order valence-corrected chi connectivity index (χ2v) is 17.5. The molecular formula is C46H62ClFN4S2. The number of anilines is 2. The number of nitrogens with one attached hydrogen (secondary N) is 3. The highest BCUT2D eigenvalue weighted by atomic mass is 35.5. The molecule has 0 spiro atoms. The number of halogens is 2. The molecular weight excluding hydrogens is 727 g/mol. The Labute approximate surface area is 339 Å². The minimum atomic E-state index is -0.445. The van der Waals surface area contributed by atoms with Crippen molar-refractivity contribution in [2.45, 2.75) is 93.3 Å². The fourth-order valence-corrected chi connectivity index (χ4v) is 9.27. The van der Waals surface area contributed by atoms with Crippen molar-refractivity contribution in [1.29, 1.82) is 0 Å². The van der Waals surface area contributed by atoms with Crippen LogP contribution in [0.15, 0.2) is 118 Å². The van der Waals surface area contributed by atoms with Gasteiger partial charge in [0.05, 0.1) is 5.38 Å². The lowest BCUT2D eigenvalue weighted by Gasteiger charge is -2.27. The zero-order valence-electron chi connectivity index (χ0n) is 32.7. The minimum Gasteiger partial charge on any atom is -0.384 e. The fraction of sp³-hybridized carbons (Fsp3) is 0.478. The fourth-order valence-electron chi connectivity index (χ4n) is 7.48. The van der Waals surface area contributed by atoms with Crippen molar-refractivity contribution in [1.82, 2.24) is 10.2 Å². The van der Waals surface area contributed by atoms with Gasteiger partial charge in [-0.05, 0) is 129 Å². The highest BCUT2D eigenvalue weighted by Crippen LogP contribution is 2.35. The van der Waals surface area contributed by atoms with E-state index in [4.69, 9.17) is 11.6 Å². The Morgan fingerprint density at radius 1 is 0.926 bits per heavy atom. The average molecular weight is 790 g/mol. The monoisotopic (exact) mass is 788 g/mol. The van der Waals surface area contributed by atoms with E-state index in [1.165, 1.54) is 64.6 Å². The lowest BCUT2D eigenvalue weighted by molar-refractivity contribution is 0.268. The van der Waals surface area contributed by atoms with Gasteiger partial charge in [0.25, 0.3) is 0 Å². The summed E-state index contributed by atoms with van der Waals surface area (Å²) in [6.45, 7) is 12.9. The number of allylic oxidation sites excluding steroid dienone is 5. The van der Waals surface area contributed by atoms with Gasteiger partial charge in [0.1, 0.15) is 6.01 Å². The summed E-state index contributed by atoms with van der Waals surface area (Å²) in [5.41, 5.74) is 9.07. The first kappa shape index (κ1) is 42.5. The molecule has 8 heteroatoms. The molecule has 2 aliphatic rings. The van der Waals surface area contributed by atoms with Crippen LogP contribution in [0.4, 0.5) is 15.8 Å².